The molecule has 4 atom stereocenters. The number of aryl methyl sites for hydroxylation is 1. The summed E-state index contributed by atoms with van der Waals surface area (Å²) < 4.78 is 21.0. The summed E-state index contributed by atoms with van der Waals surface area (Å²) in [5, 5.41) is 16.0. The molecule has 3 aromatic carbocycles. The third-order valence-electron chi connectivity index (χ3n) is 7.05. The predicted octanol–water partition coefficient (Wildman–Crippen LogP) is 6.75. The van der Waals surface area contributed by atoms with Gasteiger partial charge in [-0.15, -0.1) is 10.2 Å². The van der Waals surface area contributed by atoms with Crippen LogP contribution in [0, 0.1) is 12.7 Å². The highest BCUT2D eigenvalue weighted by atomic mass is 35.5. The lowest BCUT2D eigenvalue weighted by molar-refractivity contribution is -0.180. The molecule has 39 heavy (non-hydrogen) atoms. The lowest BCUT2D eigenvalue weighted by Crippen LogP contribution is -2.53. The molecule has 4 aromatic rings. The van der Waals surface area contributed by atoms with Crippen molar-refractivity contribution in [1.29, 1.82) is 0 Å². The van der Waals surface area contributed by atoms with Gasteiger partial charge < -0.3 is 9.64 Å². The normalized spacial score (nSPS) is 20.3. The van der Waals surface area contributed by atoms with Crippen molar-refractivity contribution < 1.29 is 13.9 Å². The van der Waals surface area contributed by atoms with Crippen LogP contribution in [0.1, 0.15) is 66.0 Å². The van der Waals surface area contributed by atoms with Crippen molar-refractivity contribution in [3.63, 3.8) is 0 Å². The van der Waals surface area contributed by atoms with Crippen molar-refractivity contribution in [1.82, 2.24) is 25.5 Å². The van der Waals surface area contributed by atoms with Crippen molar-refractivity contribution >= 4 is 29.1 Å². The summed E-state index contributed by atoms with van der Waals surface area (Å²) in [6, 6.07) is 18.8. The maximum atomic E-state index is 14.4. The van der Waals surface area contributed by atoms with Gasteiger partial charge >= 0.3 is 0 Å². The van der Waals surface area contributed by atoms with Crippen LogP contribution >= 0.6 is 23.2 Å². The topological polar surface area (TPSA) is 84.0 Å². The van der Waals surface area contributed by atoms with E-state index in [1.807, 2.05) is 42.2 Å². The van der Waals surface area contributed by atoms with E-state index in [4.69, 9.17) is 27.9 Å². The minimum absolute atomic E-state index is 0.203. The van der Waals surface area contributed by atoms with Crippen LogP contribution < -0.4 is 0 Å². The molecule has 202 valence electrons. The molecule has 0 unspecified atom stereocenters. The molecule has 1 N–H and O–H groups in total. The molecule has 1 aliphatic heterocycles. The molecule has 10 heteroatoms. The van der Waals surface area contributed by atoms with Gasteiger partial charge in [0.25, 0.3) is 5.91 Å². The number of tetrazole rings is 1. The molecule has 1 aromatic heterocycles. The van der Waals surface area contributed by atoms with Gasteiger partial charge in [-0.1, -0.05) is 78.2 Å². The van der Waals surface area contributed by atoms with Crippen LogP contribution in [0.25, 0.3) is 0 Å². The van der Waals surface area contributed by atoms with Crippen LogP contribution in [0.2, 0.25) is 10.0 Å². The maximum absolute atomic E-state index is 14.4. The number of carbonyl (C=O) groups is 1. The second-order valence-corrected chi connectivity index (χ2v) is 10.6. The Morgan fingerprint density at radius 1 is 1.03 bits per heavy atom. The first-order chi connectivity index (χ1) is 18.9. The van der Waals surface area contributed by atoms with E-state index >= 15 is 0 Å². The molecule has 0 bridgehead atoms. The van der Waals surface area contributed by atoms with Crippen molar-refractivity contribution in [2.75, 3.05) is 0 Å². The Labute approximate surface area is 236 Å². The standard InChI is InChI=1S/C29H28Cl2FN5O2/c1-3-4-24(28-33-35-36-34-28)37-26(19-7-11-21(30)12-8-19)27(20-9-13-22(31)14-10-20)39-25(29(37)38)16-18-6-5-17(2)23(32)15-18/h5-15,24-27H,3-4,16H2,1-2H3,(H,33,34,35,36)/t24-,25+,26-,27+/m1/s1. The molecule has 0 radical (unpaired) electrons. The first-order valence-electron chi connectivity index (χ1n) is 12.8. The summed E-state index contributed by atoms with van der Waals surface area (Å²) in [5.74, 6) is -0.137. The average Bonchev–Trinajstić information content (AvgIpc) is 3.46. The Bertz CT molecular complexity index is 1420. The lowest BCUT2D eigenvalue weighted by atomic mass is 9.88. The minimum Gasteiger partial charge on any atom is -0.358 e. The van der Waals surface area contributed by atoms with Gasteiger partial charge in [-0.2, -0.15) is 5.21 Å². The summed E-state index contributed by atoms with van der Waals surface area (Å²) >= 11 is 12.4. The molecule has 1 fully saturated rings. The van der Waals surface area contributed by atoms with Crippen molar-refractivity contribution in [2.24, 2.45) is 0 Å². The number of carbonyl (C=O) groups excluding carboxylic acids is 1. The van der Waals surface area contributed by atoms with Crippen LogP contribution in [0.4, 0.5) is 4.39 Å². The van der Waals surface area contributed by atoms with E-state index in [1.165, 1.54) is 6.07 Å². The van der Waals surface area contributed by atoms with E-state index in [2.05, 4.69) is 20.6 Å². The van der Waals surface area contributed by atoms with Crippen molar-refractivity contribution in [3.8, 4) is 0 Å². The zero-order valence-electron chi connectivity index (χ0n) is 21.5. The van der Waals surface area contributed by atoms with Gasteiger partial charge in [-0.05, 0) is 65.9 Å². The average molecular weight is 568 g/mol. The summed E-state index contributed by atoms with van der Waals surface area (Å²) in [6.45, 7) is 3.75. The van der Waals surface area contributed by atoms with Gasteiger partial charge in [0.1, 0.15) is 18.0 Å². The van der Waals surface area contributed by atoms with Crippen LogP contribution in [0.5, 0.6) is 0 Å². The number of aromatic amines is 1. The number of nitrogens with zero attached hydrogens (tertiary/aromatic N) is 4. The number of halogens is 3. The number of rotatable bonds is 8. The van der Waals surface area contributed by atoms with Gasteiger partial charge in [0, 0.05) is 16.5 Å². The van der Waals surface area contributed by atoms with Gasteiger partial charge in [0.05, 0.1) is 12.1 Å². The largest absolute Gasteiger partial charge is 0.358 e. The first kappa shape index (κ1) is 27.2. The summed E-state index contributed by atoms with van der Waals surface area (Å²) in [4.78, 5) is 16.2. The molecule has 7 nitrogen and oxygen atoms in total. The number of H-pyrrole nitrogens is 1. The molecule has 5 rings (SSSR count). The number of aromatic nitrogens is 4. The van der Waals surface area contributed by atoms with Crippen LogP contribution in [0.15, 0.2) is 66.7 Å². The highest BCUT2D eigenvalue weighted by Crippen LogP contribution is 2.47. The molecular weight excluding hydrogens is 540 g/mol. The second-order valence-electron chi connectivity index (χ2n) is 9.70. The van der Waals surface area contributed by atoms with Gasteiger partial charge in [-0.25, -0.2) is 4.39 Å². The van der Waals surface area contributed by atoms with E-state index in [1.54, 1.807) is 37.3 Å². The molecule has 0 saturated carbocycles. The fourth-order valence-electron chi connectivity index (χ4n) is 5.10. The number of nitrogens with one attached hydrogen (secondary N) is 1. The molecular formula is C29H28Cl2FN5O2. The van der Waals surface area contributed by atoms with E-state index in [9.17, 15) is 9.18 Å². The molecule has 0 aliphatic carbocycles. The predicted molar refractivity (Wildman–Crippen MR) is 147 cm³/mol. The number of amides is 1. The van der Waals surface area contributed by atoms with Crippen LogP contribution in [-0.4, -0.2) is 37.5 Å². The summed E-state index contributed by atoms with van der Waals surface area (Å²) in [7, 11) is 0. The number of benzene rings is 3. The van der Waals surface area contributed by atoms with E-state index in [0.717, 1.165) is 17.5 Å². The zero-order chi connectivity index (χ0) is 27.5. The van der Waals surface area contributed by atoms with Gasteiger partial charge in [0.2, 0.25) is 0 Å². The Hall–Kier alpha value is -3.33. The fraction of sp³-hybridized carbons (Fsp3) is 0.310. The number of morpholine rings is 1. The third-order valence-corrected chi connectivity index (χ3v) is 7.56. The highest BCUT2D eigenvalue weighted by molar-refractivity contribution is 6.30. The van der Waals surface area contributed by atoms with Crippen LogP contribution in [0.3, 0.4) is 0 Å². The van der Waals surface area contributed by atoms with E-state index < -0.39 is 24.3 Å². The van der Waals surface area contributed by atoms with Crippen molar-refractivity contribution in [2.45, 2.75) is 57.4 Å². The number of hydrogen-bond acceptors (Lipinski definition) is 5. The summed E-state index contributed by atoms with van der Waals surface area (Å²) in [5.41, 5.74) is 2.90. The molecule has 2 heterocycles. The van der Waals surface area contributed by atoms with Crippen LogP contribution in [-0.2, 0) is 16.0 Å². The van der Waals surface area contributed by atoms with Crippen molar-refractivity contribution in [3.05, 3.63) is 111 Å². The monoisotopic (exact) mass is 567 g/mol. The SMILES string of the molecule is CCC[C@H](c1nn[nH]n1)N1C(=O)[C@H](Cc2ccc(C)c(F)c2)O[C@@H](c2ccc(Cl)cc2)[C@H]1c1ccc(Cl)cc1. The smallest absolute Gasteiger partial charge is 0.253 e. The minimum atomic E-state index is -0.873. The molecule has 0 spiro atoms. The molecule has 1 aliphatic rings. The van der Waals surface area contributed by atoms with Gasteiger partial charge in [0.15, 0.2) is 5.82 Å². The second kappa shape index (κ2) is 11.8. The Morgan fingerprint density at radius 3 is 2.28 bits per heavy atom. The molecule has 1 saturated heterocycles. The first-order valence-corrected chi connectivity index (χ1v) is 13.6. The maximum Gasteiger partial charge on any atom is 0.253 e. The zero-order valence-corrected chi connectivity index (χ0v) is 23.0. The highest BCUT2D eigenvalue weighted by Gasteiger charge is 2.47. The Balaban J connectivity index is 1.65. The molecule has 1 amide bonds. The van der Waals surface area contributed by atoms with E-state index in [0.29, 0.717) is 33.4 Å². The quantitative estimate of drug-likeness (QED) is 0.254. The van der Waals surface area contributed by atoms with E-state index in [-0.39, 0.29) is 18.1 Å². The lowest BCUT2D eigenvalue weighted by Gasteiger charge is -2.47. The third kappa shape index (κ3) is 5.83. The Morgan fingerprint density at radius 2 is 1.69 bits per heavy atom. The Kier molecular flexibility index (Phi) is 8.26. The number of hydrogen-bond donors (Lipinski definition) is 1. The summed E-state index contributed by atoms with van der Waals surface area (Å²) in [6.07, 6.45) is 0.149. The number of ether oxygens (including phenoxy) is 1. The fourth-order valence-corrected chi connectivity index (χ4v) is 5.36. The van der Waals surface area contributed by atoms with Gasteiger partial charge in [-0.3, -0.25) is 4.79 Å².